The molecule has 186 valence electrons. The molecule has 37 heavy (non-hydrogen) atoms. The van der Waals surface area contributed by atoms with Gasteiger partial charge in [-0.3, -0.25) is 4.79 Å². The number of anilines is 1. The van der Waals surface area contributed by atoms with Crippen LogP contribution in [0.25, 0.3) is 16.8 Å². The van der Waals surface area contributed by atoms with Crippen molar-refractivity contribution >= 4 is 63.2 Å². The number of aryl methyl sites for hydroxylation is 1. The summed E-state index contributed by atoms with van der Waals surface area (Å²) in [6.45, 7) is 2.32. The molecule has 0 aliphatic rings. The second-order valence-corrected chi connectivity index (χ2v) is 9.38. The summed E-state index contributed by atoms with van der Waals surface area (Å²) in [6.07, 6.45) is 1.42. The van der Waals surface area contributed by atoms with Crippen molar-refractivity contribution in [1.82, 2.24) is 0 Å². The van der Waals surface area contributed by atoms with E-state index in [9.17, 15) is 10.1 Å². The smallest absolute Gasteiger partial charge is 0.266 e. The normalized spacial score (nSPS) is 11.2. The summed E-state index contributed by atoms with van der Waals surface area (Å²) in [5, 5.41) is 15.4. The van der Waals surface area contributed by atoms with Crippen molar-refractivity contribution in [1.29, 1.82) is 5.26 Å². The number of hydrogen-bond acceptors (Lipinski definition) is 4. The first kappa shape index (κ1) is 26.4. The monoisotopic (exact) mass is 550 g/mol. The zero-order chi connectivity index (χ0) is 26.5. The van der Waals surface area contributed by atoms with Crippen LogP contribution < -0.4 is 14.8 Å². The predicted octanol–water partition coefficient (Wildman–Crippen LogP) is 8.24. The molecule has 1 N–H and O–H groups in total. The van der Waals surface area contributed by atoms with Gasteiger partial charge in [0.15, 0.2) is 11.5 Å². The van der Waals surface area contributed by atoms with Crippen LogP contribution in [-0.4, -0.2) is 13.0 Å². The summed E-state index contributed by atoms with van der Waals surface area (Å²) in [7, 11) is 1.50. The molecule has 0 unspecified atom stereocenters. The molecule has 0 heterocycles. The first-order chi connectivity index (χ1) is 17.8. The molecule has 0 saturated heterocycles. The standard InChI is InChI=1S/C29H21Cl3N2O3/c1-17-7-8-19-5-3-4-6-22(19)23(17)16-37-28-26(32)12-18(13-27(28)36-2)11-20(15-33)29(35)34-21-9-10-24(30)25(31)14-21/h3-14H,16H2,1-2H3,(H,34,35)/b20-11+. The largest absolute Gasteiger partial charge is 0.493 e. The number of rotatable bonds is 7. The number of ether oxygens (including phenoxy) is 2. The van der Waals surface area contributed by atoms with Gasteiger partial charge in [-0.05, 0) is 65.2 Å². The van der Waals surface area contributed by atoms with Crippen molar-refractivity contribution in [3.05, 3.63) is 104 Å². The van der Waals surface area contributed by atoms with Crippen LogP contribution >= 0.6 is 34.8 Å². The number of methoxy groups -OCH3 is 1. The molecule has 0 bridgehead atoms. The maximum atomic E-state index is 12.7. The van der Waals surface area contributed by atoms with Gasteiger partial charge < -0.3 is 14.8 Å². The van der Waals surface area contributed by atoms with Crippen LogP contribution in [-0.2, 0) is 11.4 Å². The van der Waals surface area contributed by atoms with Gasteiger partial charge in [0.2, 0.25) is 0 Å². The molecule has 4 aromatic rings. The molecule has 0 aliphatic carbocycles. The topological polar surface area (TPSA) is 71.3 Å². The Balaban J connectivity index is 1.59. The summed E-state index contributed by atoms with van der Waals surface area (Å²) in [5.74, 6) is 0.133. The van der Waals surface area contributed by atoms with Crippen LogP contribution in [0.3, 0.4) is 0 Å². The second kappa shape index (κ2) is 11.6. The van der Waals surface area contributed by atoms with Crippen molar-refractivity contribution in [2.75, 3.05) is 12.4 Å². The molecular formula is C29H21Cl3N2O3. The Morgan fingerprint density at radius 1 is 1.00 bits per heavy atom. The van der Waals surface area contributed by atoms with Crippen LogP contribution in [0.15, 0.2) is 72.3 Å². The molecule has 8 heteroatoms. The molecule has 1 amide bonds. The molecule has 0 aliphatic heterocycles. The quantitative estimate of drug-likeness (QED) is 0.185. The molecular weight excluding hydrogens is 531 g/mol. The maximum Gasteiger partial charge on any atom is 0.266 e. The van der Waals surface area contributed by atoms with Gasteiger partial charge in [0, 0.05) is 11.3 Å². The molecule has 5 nitrogen and oxygen atoms in total. The summed E-state index contributed by atoms with van der Waals surface area (Å²) < 4.78 is 11.6. The van der Waals surface area contributed by atoms with E-state index in [1.54, 1.807) is 24.3 Å². The van der Waals surface area contributed by atoms with Crippen LogP contribution in [0.5, 0.6) is 11.5 Å². The van der Waals surface area contributed by atoms with Gasteiger partial charge >= 0.3 is 0 Å². The maximum absolute atomic E-state index is 12.7. The van der Waals surface area contributed by atoms with Gasteiger partial charge in [0.25, 0.3) is 5.91 Å². The Hall–Kier alpha value is -3.69. The number of nitrogens with one attached hydrogen (secondary N) is 1. The van der Waals surface area contributed by atoms with Gasteiger partial charge in [-0.15, -0.1) is 0 Å². The Morgan fingerprint density at radius 2 is 1.78 bits per heavy atom. The predicted molar refractivity (Wildman–Crippen MR) is 150 cm³/mol. The van der Waals surface area contributed by atoms with E-state index in [4.69, 9.17) is 44.3 Å². The Bertz CT molecular complexity index is 1580. The van der Waals surface area contributed by atoms with Crippen molar-refractivity contribution in [2.45, 2.75) is 13.5 Å². The molecule has 4 rings (SSSR count). The highest BCUT2D eigenvalue weighted by atomic mass is 35.5. The zero-order valence-corrected chi connectivity index (χ0v) is 22.2. The summed E-state index contributed by atoms with van der Waals surface area (Å²) in [4.78, 5) is 12.7. The molecule has 0 radical (unpaired) electrons. The Kier molecular flexibility index (Phi) is 8.25. The lowest BCUT2D eigenvalue weighted by Gasteiger charge is -2.16. The van der Waals surface area contributed by atoms with E-state index < -0.39 is 5.91 Å². The number of fused-ring (bicyclic) bond motifs is 1. The number of amides is 1. The van der Waals surface area contributed by atoms with E-state index in [1.807, 2.05) is 25.1 Å². The lowest BCUT2D eigenvalue weighted by Crippen LogP contribution is -2.13. The molecule has 0 atom stereocenters. The lowest BCUT2D eigenvalue weighted by molar-refractivity contribution is -0.112. The highest BCUT2D eigenvalue weighted by molar-refractivity contribution is 6.42. The van der Waals surface area contributed by atoms with Crippen molar-refractivity contribution in [2.24, 2.45) is 0 Å². The number of carbonyl (C=O) groups is 1. The van der Waals surface area contributed by atoms with Gasteiger partial charge in [-0.2, -0.15) is 5.26 Å². The van der Waals surface area contributed by atoms with E-state index in [0.717, 1.165) is 21.9 Å². The fourth-order valence-electron chi connectivity index (χ4n) is 3.83. The van der Waals surface area contributed by atoms with Gasteiger partial charge in [0.05, 0.1) is 22.2 Å². The van der Waals surface area contributed by atoms with E-state index in [-0.39, 0.29) is 22.2 Å². The summed E-state index contributed by atoms with van der Waals surface area (Å²) in [5.41, 5.74) is 2.91. The number of nitriles is 1. The number of halogens is 3. The number of benzene rings is 4. The third kappa shape index (κ3) is 6.00. The molecule has 4 aromatic carbocycles. The first-order valence-electron chi connectivity index (χ1n) is 11.2. The average molecular weight is 552 g/mol. The fraction of sp³-hybridized carbons (Fsp3) is 0.103. The van der Waals surface area contributed by atoms with Crippen molar-refractivity contribution in [3.63, 3.8) is 0 Å². The third-order valence-electron chi connectivity index (χ3n) is 5.74. The van der Waals surface area contributed by atoms with Crippen LogP contribution in [0.2, 0.25) is 15.1 Å². The molecule has 0 spiro atoms. The molecule has 0 fully saturated rings. The Morgan fingerprint density at radius 3 is 2.51 bits per heavy atom. The van der Waals surface area contributed by atoms with E-state index in [2.05, 4.69) is 29.6 Å². The van der Waals surface area contributed by atoms with E-state index >= 15 is 0 Å². The minimum atomic E-state index is -0.609. The summed E-state index contributed by atoms with van der Waals surface area (Å²) >= 11 is 18.5. The van der Waals surface area contributed by atoms with E-state index in [0.29, 0.717) is 27.8 Å². The number of hydrogen-bond donors (Lipinski definition) is 1. The summed E-state index contributed by atoms with van der Waals surface area (Å²) in [6, 6.07) is 22.0. The zero-order valence-electron chi connectivity index (χ0n) is 19.9. The molecule has 0 saturated carbocycles. The molecule has 0 aromatic heterocycles. The van der Waals surface area contributed by atoms with Crippen LogP contribution in [0.4, 0.5) is 5.69 Å². The number of carbonyl (C=O) groups excluding carboxylic acids is 1. The van der Waals surface area contributed by atoms with Crippen LogP contribution in [0, 0.1) is 18.3 Å². The number of nitrogens with zero attached hydrogens (tertiary/aromatic N) is 1. The highest BCUT2D eigenvalue weighted by Crippen LogP contribution is 2.38. The van der Waals surface area contributed by atoms with Crippen molar-refractivity contribution in [3.8, 4) is 17.6 Å². The average Bonchev–Trinajstić information content (AvgIpc) is 2.89. The second-order valence-electron chi connectivity index (χ2n) is 8.16. The van der Waals surface area contributed by atoms with E-state index in [1.165, 1.54) is 19.3 Å². The lowest BCUT2D eigenvalue weighted by atomic mass is 10.0. The minimum absolute atomic E-state index is 0.135. The van der Waals surface area contributed by atoms with Gasteiger partial charge in [0.1, 0.15) is 18.2 Å². The highest BCUT2D eigenvalue weighted by Gasteiger charge is 2.16. The fourth-order valence-corrected chi connectivity index (χ4v) is 4.40. The third-order valence-corrected chi connectivity index (χ3v) is 6.76. The van der Waals surface area contributed by atoms with Gasteiger partial charge in [-0.1, -0.05) is 71.2 Å². The van der Waals surface area contributed by atoms with Crippen molar-refractivity contribution < 1.29 is 14.3 Å². The Labute approximate surface area is 229 Å². The SMILES string of the molecule is COc1cc(/C=C(\C#N)C(=O)Nc2ccc(Cl)c(Cl)c2)cc(Cl)c1OCc1c(C)ccc2ccccc12. The first-order valence-corrected chi connectivity index (χ1v) is 12.3. The minimum Gasteiger partial charge on any atom is -0.493 e. The van der Waals surface area contributed by atoms with Gasteiger partial charge in [-0.25, -0.2) is 0 Å². The van der Waals surface area contributed by atoms with Crippen LogP contribution in [0.1, 0.15) is 16.7 Å².